The number of ether oxygens (including phenoxy) is 2. The van der Waals surface area contributed by atoms with Crippen molar-refractivity contribution in [1.29, 1.82) is 0 Å². The number of nitrogens with zero attached hydrogens (tertiary/aromatic N) is 1. The van der Waals surface area contributed by atoms with Crippen molar-refractivity contribution in [2.45, 2.75) is 30.0 Å². The monoisotopic (exact) mass is 438 g/mol. The lowest BCUT2D eigenvalue weighted by Gasteiger charge is -2.31. The van der Waals surface area contributed by atoms with Gasteiger partial charge in [-0.2, -0.15) is 4.31 Å². The second-order valence-electron chi connectivity index (χ2n) is 6.98. The van der Waals surface area contributed by atoms with Crippen LogP contribution in [0.1, 0.15) is 31.4 Å². The number of thiophene rings is 1. The Labute approximate surface area is 175 Å². The summed E-state index contributed by atoms with van der Waals surface area (Å²) in [7, 11) is -0.405. The highest BCUT2D eigenvalue weighted by Gasteiger charge is 2.34. The minimum atomic E-state index is -3.54. The van der Waals surface area contributed by atoms with Crippen molar-refractivity contribution in [3.05, 3.63) is 41.3 Å². The summed E-state index contributed by atoms with van der Waals surface area (Å²) in [5.74, 6) is 0.702. The van der Waals surface area contributed by atoms with Crippen molar-refractivity contribution >= 4 is 27.3 Å². The van der Waals surface area contributed by atoms with Crippen LogP contribution in [0.2, 0.25) is 0 Å². The molecule has 0 spiro atoms. The normalized spacial score (nSPS) is 18.8. The Balaban J connectivity index is 1.67. The number of rotatable bonds is 7. The number of sulfonamides is 1. The zero-order valence-electron chi connectivity index (χ0n) is 16.8. The average molecular weight is 439 g/mol. The van der Waals surface area contributed by atoms with Crippen LogP contribution in [0.25, 0.3) is 0 Å². The quantitative estimate of drug-likeness (QED) is 0.718. The molecule has 0 bridgehead atoms. The molecule has 0 unspecified atom stereocenters. The number of hydrogen-bond donors (Lipinski definition) is 1. The number of piperidine rings is 1. The zero-order chi connectivity index (χ0) is 21.0. The maximum atomic E-state index is 12.8. The molecule has 9 heteroatoms. The number of benzene rings is 1. The largest absolute Gasteiger partial charge is 0.493 e. The number of methoxy groups -OCH3 is 2. The smallest absolute Gasteiger partial charge is 0.252 e. The van der Waals surface area contributed by atoms with Crippen LogP contribution in [0.5, 0.6) is 11.5 Å². The summed E-state index contributed by atoms with van der Waals surface area (Å²) in [5, 5.41) is 4.75. The van der Waals surface area contributed by atoms with Gasteiger partial charge < -0.3 is 14.8 Å². The van der Waals surface area contributed by atoms with E-state index < -0.39 is 10.0 Å². The fraction of sp³-hybridized carbons (Fsp3) is 0.450. The fourth-order valence-electron chi connectivity index (χ4n) is 3.45. The Morgan fingerprint density at radius 3 is 2.66 bits per heavy atom. The molecule has 1 fully saturated rings. The number of hydrogen-bond acceptors (Lipinski definition) is 6. The van der Waals surface area contributed by atoms with Gasteiger partial charge in [-0.05, 0) is 48.9 Å². The fourth-order valence-corrected chi connectivity index (χ4v) is 6.12. The molecule has 1 aromatic heterocycles. The molecule has 1 amide bonds. The van der Waals surface area contributed by atoms with Crippen molar-refractivity contribution in [2.75, 3.05) is 27.3 Å². The van der Waals surface area contributed by atoms with Crippen LogP contribution in [0.4, 0.5) is 0 Å². The van der Waals surface area contributed by atoms with E-state index in [0.717, 1.165) is 5.56 Å². The van der Waals surface area contributed by atoms with Gasteiger partial charge in [-0.25, -0.2) is 8.42 Å². The molecule has 0 saturated carbocycles. The Kier molecular flexibility index (Phi) is 6.81. The van der Waals surface area contributed by atoms with E-state index in [2.05, 4.69) is 5.32 Å². The van der Waals surface area contributed by atoms with Gasteiger partial charge in [0.25, 0.3) is 10.0 Å². The Morgan fingerprint density at radius 2 is 2.00 bits per heavy atom. The first-order valence-corrected chi connectivity index (χ1v) is 11.7. The standard InChI is InChI=1S/C20H26N2O5S2/c1-14(15-8-9-17(26-2)18(12-15)27-3)21-20(23)16-6-4-10-22(13-16)29(24,25)19-7-5-11-28-19/h5,7-9,11-12,14,16H,4,6,10,13H2,1-3H3,(H,21,23)/t14-,16+/m0/s1. The summed E-state index contributed by atoms with van der Waals surface area (Å²) in [5.41, 5.74) is 0.884. The summed E-state index contributed by atoms with van der Waals surface area (Å²) >= 11 is 1.20. The van der Waals surface area contributed by atoms with Crippen LogP contribution in [-0.4, -0.2) is 45.9 Å². The van der Waals surface area contributed by atoms with Crippen molar-refractivity contribution in [1.82, 2.24) is 9.62 Å². The third-order valence-corrected chi connectivity index (χ3v) is 8.35. The number of carbonyl (C=O) groups is 1. The Hall–Kier alpha value is -2.10. The molecule has 2 heterocycles. The van der Waals surface area contributed by atoms with Crippen LogP contribution >= 0.6 is 11.3 Å². The second-order valence-corrected chi connectivity index (χ2v) is 10.1. The van der Waals surface area contributed by atoms with Crippen molar-refractivity contribution in [2.24, 2.45) is 5.92 Å². The van der Waals surface area contributed by atoms with Gasteiger partial charge in [-0.15, -0.1) is 11.3 Å². The molecule has 2 aromatic rings. The summed E-state index contributed by atoms with van der Waals surface area (Å²) in [6.07, 6.45) is 1.33. The van der Waals surface area contributed by atoms with E-state index in [4.69, 9.17) is 9.47 Å². The van der Waals surface area contributed by atoms with Gasteiger partial charge in [0.15, 0.2) is 11.5 Å². The van der Waals surface area contributed by atoms with E-state index in [1.807, 2.05) is 19.1 Å². The van der Waals surface area contributed by atoms with E-state index >= 15 is 0 Å². The van der Waals surface area contributed by atoms with Crippen LogP contribution in [-0.2, 0) is 14.8 Å². The predicted molar refractivity (Wildman–Crippen MR) is 112 cm³/mol. The van der Waals surface area contributed by atoms with Crippen LogP contribution in [0, 0.1) is 5.92 Å². The molecule has 3 rings (SSSR count). The van der Waals surface area contributed by atoms with Crippen molar-refractivity contribution in [3.8, 4) is 11.5 Å². The summed E-state index contributed by atoms with van der Waals surface area (Å²) in [6, 6.07) is 8.58. The molecule has 7 nitrogen and oxygen atoms in total. The molecular weight excluding hydrogens is 412 g/mol. The van der Waals surface area contributed by atoms with Gasteiger partial charge in [-0.1, -0.05) is 12.1 Å². The highest BCUT2D eigenvalue weighted by molar-refractivity contribution is 7.91. The first-order chi connectivity index (χ1) is 13.9. The minimum absolute atomic E-state index is 0.140. The van der Waals surface area contributed by atoms with E-state index in [1.165, 1.54) is 15.6 Å². The van der Waals surface area contributed by atoms with Crippen LogP contribution in [0.15, 0.2) is 39.9 Å². The molecule has 1 aliphatic heterocycles. The van der Waals surface area contributed by atoms with Gasteiger partial charge in [0.05, 0.1) is 26.2 Å². The minimum Gasteiger partial charge on any atom is -0.493 e. The van der Waals surface area contributed by atoms with Gasteiger partial charge in [-0.3, -0.25) is 4.79 Å². The molecule has 2 atom stereocenters. The molecule has 1 aromatic carbocycles. The van der Waals surface area contributed by atoms with Gasteiger partial charge in [0.2, 0.25) is 5.91 Å². The molecule has 1 N–H and O–H groups in total. The number of nitrogens with one attached hydrogen (secondary N) is 1. The van der Waals surface area contributed by atoms with Crippen molar-refractivity contribution < 1.29 is 22.7 Å². The van der Waals surface area contributed by atoms with E-state index in [-0.39, 0.29) is 24.4 Å². The average Bonchev–Trinajstić information content (AvgIpc) is 3.29. The van der Waals surface area contributed by atoms with Crippen molar-refractivity contribution in [3.63, 3.8) is 0 Å². The highest BCUT2D eigenvalue weighted by atomic mass is 32.2. The second kappa shape index (κ2) is 9.15. The van der Waals surface area contributed by atoms with E-state index in [0.29, 0.717) is 35.1 Å². The Bertz CT molecular complexity index is 944. The third kappa shape index (κ3) is 4.73. The molecule has 1 aliphatic rings. The first kappa shape index (κ1) is 21.6. The first-order valence-electron chi connectivity index (χ1n) is 9.42. The third-order valence-electron chi connectivity index (χ3n) is 5.11. The molecule has 158 valence electrons. The summed E-state index contributed by atoms with van der Waals surface area (Å²) in [6.45, 7) is 2.53. The number of amides is 1. The molecule has 29 heavy (non-hydrogen) atoms. The summed E-state index contributed by atoms with van der Waals surface area (Å²) in [4.78, 5) is 12.8. The van der Waals surface area contributed by atoms with Gasteiger partial charge >= 0.3 is 0 Å². The van der Waals surface area contributed by atoms with E-state index in [1.54, 1.807) is 37.8 Å². The van der Waals surface area contributed by atoms with Crippen LogP contribution < -0.4 is 14.8 Å². The number of carbonyl (C=O) groups excluding carboxylic acids is 1. The van der Waals surface area contributed by atoms with Crippen LogP contribution in [0.3, 0.4) is 0 Å². The van der Waals surface area contributed by atoms with Gasteiger partial charge in [0.1, 0.15) is 4.21 Å². The molecular formula is C20H26N2O5S2. The van der Waals surface area contributed by atoms with Gasteiger partial charge in [0, 0.05) is 13.1 Å². The zero-order valence-corrected chi connectivity index (χ0v) is 18.4. The lowest BCUT2D eigenvalue weighted by molar-refractivity contribution is -0.126. The molecule has 1 saturated heterocycles. The van der Waals surface area contributed by atoms with E-state index in [9.17, 15) is 13.2 Å². The maximum absolute atomic E-state index is 12.8. The highest BCUT2D eigenvalue weighted by Crippen LogP contribution is 2.31. The summed E-state index contributed by atoms with van der Waals surface area (Å²) < 4.78 is 37.9. The molecule has 0 aliphatic carbocycles. The predicted octanol–water partition coefficient (Wildman–Crippen LogP) is 3.04. The lowest BCUT2D eigenvalue weighted by Crippen LogP contribution is -2.45. The maximum Gasteiger partial charge on any atom is 0.252 e. The lowest BCUT2D eigenvalue weighted by atomic mass is 9.98. The Morgan fingerprint density at radius 1 is 1.24 bits per heavy atom. The topological polar surface area (TPSA) is 84.9 Å². The SMILES string of the molecule is COc1ccc([C@H](C)NC(=O)[C@@H]2CCCN(S(=O)(=O)c3cccs3)C2)cc1OC. The molecule has 0 radical (unpaired) electrons.